The lowest BCUT2D eigenvalue weighted by atomic mass is 9.83. The quantitative estimate of drug-likeness (QED) is 0.838. The molecule has 1 spiro atoms. The Morgan fingerprint density at radius 1 is 1.19 bits per heavy atom. The van der Waals surface area contributed by atoms with E-state index >= 15 is 0 Å². The van der Waals surface area contributed by atoms with Crippen molar-refractivity contribution in [2.45, 2.75) is 44.3 Å². The molecule has 21 heavy (non-hydrogen) atoms. The van der Waals surface area contributed by atoms with E-state index in [0.717, 1.165) is 18.4 Å². The van der Waals surface area contributed by atoms with Crippen molar-refractivity contribution in [3.8, 4) is 0 Å². The van der Waals surface area contributed by atoms with Crippen LogP contribution >= 0.6 is 0 Å². The number of rotatable bonds is 2. The monoisotopic (exact) mass is 289 g/mol. The molecule has 1 aliphatic carbocycles. The molecule has 1 heterocycles. The van der Waals surface area contributed by atoms with Gasteiger partial charge in [-0.2, -0.15) is 0 Å². The van der Waals surface area contributed by atoms with Gasteiger partial charge in [0.25, 0.3) is 0 Å². The van der Waals surface area contributed by atoms with Gasteiger partial charge in [-0.05, 0) is 18.4 Å². The standard InChI is InChI=1S/C17H23NO3/c19-16(20-13-15-7-3-1-4-8-15)18-11-12-21-17(14-18)9-5-2-6-10-17/h1,3-4,7-8H,2,5-6,9-14H2. The third kappa shape index (κ3) is 3.56. The number of amides is 1. The molecule has 4 heteroatoms. The summed E-state index contributed by atoms with van der Waals surface area (Å²) in [7, 11) is 0. The number of benzene rings is 1. The predicted octanol–water partition coefficient (Wildman–Crippen LogP) is 3.36. The van der Waals surface area contributed by atoms with Crippen molar-refractivity contribution in [2.75, 3.05) is 19.7 Å². The molecule has 0 unspecified atom stereocenters. The highest BCUT2D eigenvalue weighted by Gasteiger charge is 2.39. The summed E-state index contributed by atoms with van der Waals surface area (Å²) in [5, 5.41) is 0. The van der Waals surface area contributed by atoms with Gasteiger partial charge in [0, 0.05) is 6.54 Å². The maximum Gasteiger partial charge on any atom is 0.410 e. The highest BCUT2D eigenvalue weighted by Crippen LogP contribution is 2.34. The van der Waals surface area contributed by atoms with Gasteiger partial charge < -0.3 is 14.4 Å². The average Bonchev–Trinajstić information content (AvgIpc) is 2.54. The molecule has 4 nitrogen and oxygen atoms in total. The Labute approximate surface area is 126 Å². The number of carbonyl (C=O) groups is 1. The summed E-state index contributed by atoms with van der Waals surface area (Å²) < 4.78 is 11.4. The van der Waals surface area contributed by atoms with Crippen LogP contribution in [0.4, 0.5) is 4.79 Å². The number of nitrogens with zero attached hydrogens (tertiary/aromatic N) is 1. The van der Waals surface area contributed by atoms with Crippen LogP contribution < -0.4 is 0 Å². The third-order valence-corrected chi connectivity index (χ3v) is 4.48. The summed E-state index contributed by atoms with van der Waals surface area (Å²) in [5.41, 5.74) is 0.911. The molecule has 1 aromatic carbocycles. The molecule has 1 saturated carbocycles. The van der Waals surface area contributed by atoms with Gasteiger partial charge in [-0.1, -0.05) is 49.6 Å². The SMILES string of the molecule is O=C(OCc1ccccc1)N1CCOC2(CCCCC2)C1. The molecule has 0 atom stereocenters. The predicted molar refractivity (Wildman–Crippen MR) is 80.0 cm³/mol. The summed E-state index contributed by atoms with van der Waals surface area (Å²) >= 11 is 0. The second-order valence-electron chi connectivity index (χ2n) is 6.05. The Kier molecular flexibility index (Phi) is 4.44. The van der Waals surface area contributed by atoms with Crippen LogP contribution in [0.25, 0.3) is 0 Å². The highest BCUT2D eigenvalue weighted by molar-refractivity contribution is 5.67. The van der Waals surface area contributed by atoms with Crippen LogP contribution in [0.5, 0.6) is 0 Å². The lowest BCUT2D eigenvalue weighted by Gasteiger charge is -2.44. The van der Waals surface area contributed by atoms with Gasteiger partial charge in [-0.25, -0.2) is 4.79 Å². The smallest absolute Gasteiger partial charge is 0.410 e. The molecule has 2 aliphatic rings. The molecule has 0 N–H and O–H groups in total. The van der Waals surface area contributed by atoms with Crippen molar-refractivity contribution in [3.05, 3.63) is 35.9 Å². The Hall–Kier alpha value is -1.55. The normalized spacial score (nSPS) is 21.2. The Bertz CT molecular complexity index is 463. The van der Waals surface area contributed by atoms with Crippen LogP contribution in [0.1, 0.15) is 37.7 Å². The molecular weight excluding hydrogens is 266 g/mol. The topological polar surface area (TPSA) is 38.8 Å². The highest BCUT2D eigenvalue weighted by atomic mass is 16.6. The maximum absolute atomic E-state index is 12.2. The van der Waals surface area contributed by atoms with Crippen LogP contribution in [-0.2, 0) is 16.1 Å². The molecule has 3 rings (SSSR count). The second kappa shape index (κ2) is 6.48. The van der Waals surface area contributed by atoms with Gasteiger partial charge in [-0.15, -0.1) is 0 Å². The van der Waals surface area contributed by atoms with Crippen molar-refractivity contribution in [3.63, 3.8) is 0 Å². The fraction of sp³-hybridized carbons (Fsp3) is 0.588. The van der Waals surface area contributed by atoms with E-state index in [1.54, 1.807) is 0 Å². The minimum Gasteiger partial charge on any atom is -0.445 e. The summed E-state index contributed by atoms with van der Waals surface area (Å²) in [6, 6.07) is 9.80. The second-order valence-corrected chi connectivity index (χ2v) is 6.05. The van der Waals surface area contributed by atoms with Crippen molar-refractivity contribution in [1.29, 1.82) is 0 Å². The van der Waals surface area contributed by atoms with Crippen LogP contribution in [0, 0.1) is 0 Å². The van der Waals surface area contributed by atoms with Crippen LogP contribution in [0.15, 0.2) is 30.3 Å². The lowest BCUT2D eigenvalue weighted by molar-refractivity contribution is -0.121. The Morgan fingerprint density at radius 3 is 2.71 bits per heavy atom. The number of hydrogen-bond donors (Lipinski definition) is 0. The zero-order chi connectivity index (χ0) is 14.5. The zero-order valence-electron chi connectivity index (χ0n) is 12.4. The molecule has 1 aromatic rings. The number of morpholine rings is 1. The summed E-state index contributed by atoms with van der Waals surface area (Å²) in [5.74, 6) is 0. The molecule has 1 aliphatic heterocycles. The van der Waals surface area contributed by atoms with Crippen LogP contribution in [0.3, 0.4) is 0 Å². The molecular formula is C17H23NO3. The van der Waals surface area contributed by atoms with E-state index in [-0.39, 0.29) is 11.7 Å². The van der Waals surface area contributed by atoms with E-state index in [9.17, 15) is 4.79 Å². The molecule has 0 bridgehead atoms. The first-order valence-electron chi connectivity index (χ1n) is 7.87. The van der Waals surface area contributed by atoms with E-state index < -0.39 is 0 Å². The summed E-state index contributed by atoms with van der Waals surface area (Å²) in [6.07, 6.45) is 5.60. The average molecular weight is 289 g/mol. The first-order valence-corrected chi connectivity index (χ1v) is 7.87. The van der Waals surface area contributed by atoms with Gasteiger partial charge in [0.15, 0.2) is 0 Å². The molecule has 1 amide bonds. The molecule has 114 valence electrons. The number of ether oxygens (including phenoxy) is 2. The van der Waals surface area contributed by atoms with Gasteiger partial charge in [-0.3, -0.25) is 0 Å². The first-order chi connectivity index (χ1) is 10.3. The fourth-order valence-electron chi connectivity index (χ4n) is 3.31. The van der Waals surface area contributed by atoms with E-state index in [1.807, 2.05) is 35.2 Å². The van der Waals surface area contributed by atoms with Crippen molar-refractivity contribution < 1.29 is 14.3 Å². The number of carbonyl (C=O) groups excluding carboxylic acids is 1. The van der Waals surface area contributed by atoms with E-state index in [1.165, 1.54) is 19.3 Å². The summed E-state index contributed by atoms with van der Waals surface area (Å²) in [4.78, 5) is 14.1. The van der Waals surface area contributed by atoms with Gasteiger partial charge in [0.05, 0.1) is 18.8 Å². The molecule has 0 aromatic heterocycles. The Morgan fingerprint density at radius 2 is 1.95 bits per heavy atom. The molecule has 1 saturated heterocycles. The van der Waals surface area contributed by atoms with Crippen LogP contribution in [-0.4, -0.2) is 36.3 Å². The van der Waals surface area contributed by atoms with Gasteiger partial charge in [0.2, 0.25) is 0 Å². The zero-order valence-corrected chi connectivity index (χ0v) is 12.4. The van der Waals surface area contributed by atoms with E-state index in [0.29, 0.717) is 26.3 Å². The van der Waals surface area contributed by atoms with Gasteiger partial charge in [0.1, 0.15) is 6.61 Å². The fourth-order valence-corrected chi connectivity index (χ4v) is 3.31. The molecule has 0 radical (unpaired) electrons. The largest absolute Gasteiger partial charge is 0.445 e. The number of hydrogen-bond acceptors (Lipinski definition) is 3. The molecule has 2 fully saturated rings. The van der Waals surface area contributed by atoms with E-state index in [2.05, 4.69) is 0 Å². The summed E-state index contributed by atoms with van der Waals surface area (Å²) in [6.45, 7) is 2.28. The first kappa shape index (κ1) is 14.4. The van der Waals surface area contributed by atoms with E-state index in [4.69, 9.17) is 9.47 Å². The van der Waals surface area contributed by atoms with Gasteiger partial charge >= 0.3 is 6.09 Å². The van der Waals surface area contributed by atoms with Crippen molar-refractivity contribution in [1.82, 2.24) is 4.90 Å². The third-order valence-electron chi connectivity index (χ3n) is 4.48. The lowest BCUT2D eigenvalue weighted by Crippen LogP contribution is -2.54. The minimum absolute atomic E-state index is 0.109. The van der Waals surface area contributed by atoms with Crippen molar-refractivity contribution in [2.24, 2.45) is 0 Å². The maximum atomic E-state index is 12.2. The Balaban J connectivity index is 1.54. The minimum atomic E-state index is -0.216. The van der Waals surface area contributed by atoms with Crippen molar-refractivity contribution >= 4 is 6.09 Å². The van der Waals surface area contributed by atoms with Crippen LogP contribution in [0.2, 0.25) is 0 Å².